The number of benzene rings is 2. The van der Waals surface area contributed by atoms with Crippen LogP contribution in [0.2, 0.25) is 0 Å². The van der Waals surface area contributed by atoms with Gasteiger partial charge in [0.1, 0.15) is 18.2 Å². The molecule has 0 amide bonds. The summed E-state index contributed by atoms with van der Waals surface area (Å²) in [4.78, 5) is 19.2. The molecule has 7 heteroatoms. The second kappa shape index (κ2) is 10.6. The number of ether oxygens (including phenoxy) is 2. The van der Waals surface area contributed by atoms with Crippen LogP contribution in [0, 0.1) is 6.92 Å². The van der Waals surface area contributed by atoms with E-state index in [0.29, 0.717) is 30.4 Å². The molecule has 0 atom stereocenters. The topological polar surface area (TPSA) is 64.8 Å². The molecule has 0 fully saturated rings. The van der Waals surface area contributed by atoms with Gasteiger partial charge in [0.05, 0.1) is 18.8 Å². The molecule has 0 radical (unpaired) electrons. The van der Waals surface area contributed by atoms with E-state index in [-0.39, 0.29) is 5.97 Å². The lowest BCUT2D eigenvalue weighted by atomic mass is 10.0. The Morgan fingerprint density at radius 2 is 1.83 bits per heavy atom. The number of fused-ring (bicyclic) bond motifs is 1. The van der Waals surface area contributed by atoms with Gasteiger partial charge in [-0.2, -0.15) is 0 Å². The molecule has 0 saturated heterocycles. The SMILES string of the molecule is CCOC(=O)C(C)(C)Oc1ccc2c(c1)CCN(Cc1oc(-c3ccc(CF)cc3)nc1C)CC2. The molecule has 35 heavy (non-hydrogen) atoms. The first-order chi connectivity index (χ1) is 16.8. The molecule has 0 N–H and O–H groups in total. The van der Waals surface area contributed by atoms with Crippen LogP contribution in [-0.2, 0) is 35.6 Å². The third-order valence-corrected chi connectivity index (χ3v) is 6.33. The monoisotopic (exact) mass is 480 g/mol. The van der Waals surface area contributed by atoms with Crippen LogP contribution in [0.15, 0.2) is 46.9 Å². The highest BCUT2D eigenvalue weighted by atomic mass is 19.1. The van der Waals surface area contributed by atoms with Gasteiger partial charge < -0.3 is 13.9 Å². The normalized spacial score (nSPS) is 14.3. The van der Waals surface area contributed by atoms with Crippen molar-refractivity contribution in [1.29, 1.82) is 0 Å². The van der Waals surface area contributed by atoms with Crippen molar-refractivity contribution in [2.45, 2.75) is 59.4 Å². The zero-order chi connectivity index (χ0) is 25.0. The summed E-state index contributed by atoms with van der Waals surface area (Å²) in [6, 6.07) is 13.3. The Morgan fingerprint density at radius 3 is 2.51 bits per heavy atom. The number of esters is 1. The van der Waals surface area contributed by atoms with E-state index in [9.17, 15) is 9.18 Å². The highest BCUT2D eigenvalue weighted by Crippen LogP contribution is 2.27. The van der Waals surface area contributed by atoms with Crippen LogP contribution < -0.4 is 4.74 Å². The number of aromatic nitrogens is 1. The van der Waals surface area contributed by atoms with E-state index in [2.05, 4.69) is 16.0 Å². The Hall–Kier alpha value is -3.19. The first kappa shape index (κ1) is 24.9. The fraction of sp³-hybridized carbons (Fsp3) is 0.429. The van der Waals surface area contributed by atoms with Gasteiger partial charge in [0, 0.05) is 18.7 Å². The smallest absolute Gasteiger partial charge is 0.349 e. The highest BCUT2D eigenvalue weighted by molar-refractivity contribution is 5.79. The summed E-state index contributed by atoms with van der Waals surface area (Å²) >= 11 is 0. The second-order valence-corrected chi connectivity index (χ2v) is 9.40. The second-order valence-electron chi connectivity index (χ2n) is 9.40. The molecule has 2 heterocycles. The maximum Gasteiger partial charge on any atom is 0.349 e. The fourth-order valence-corrected chi connectivity index (χ4v) is 4.25. The molecule has 6 nitrogen and oxygen atoms in total. The molecule has 186 valence electrons. The first-order valence-electron chi connectivity index (χ1n) is 12.1. The Morgan fingerprint density at radius 1 is 1.11 bits per heavy atom. The largest absolute Gasteiger partial charge is 0.476 e. The first-order valence-corrected chi connectivity index (χ1v) is 12.1. The number of carbonyl (C=O) groups excluding carboxylic acids is 1. The van der Waals surface area contributed by atoms with E-state index in [1.807, 2.05) is 31.2 Å². The summed E-state index contributed by atoms with van der Waals surface area (Å²) in [5, 5.41) is 0. The van der Waals surface area contributed by atoms with Gasteiger partial charge in [-0.15, -0.1) is 0 Å². The van der Waals surface area contributed by atoms with Gasteiger partial charge in [0.2, 0.25) is 5.89 Å². The van der Waals surface area contributed by atoms with E-state index in [4.69, 9.17) is 13.9 Å². The lowest BCUT2D eigenvalue weighted by molar-refractivity contribution is -0.158. The van der Waals surface area contributed by atoms with E-state index in [1.54, 1.807) is 32.9 Å². The van der Waals surface area contributed by atoms with Gasteiger partial charge in [-0.05, 0) is 81.5 Å². The summed E-state index contributed by atoms with van der Waals surface area (Å²) < 4.78 is 30.0. The summed E-state index contributed by atoms with van der Waals surface area (Å²) in [6.45, 7) is 9.49. The predicted molar refractivity (Wildman–Crippen MR) is 132 cm³/mol. The minimum absolute atomic E-state index is 0.323. The number of rotatable bonds is 8. The molecule has 0 aliphatic carbocycles. The molecule has 2 aromatic carbocycles. The van der Waals surface area contributed by atoms with E-state index < -0.39 is 12.3 Å². The molecule has 1 aliphatic heterocycles. The number of hydrogen-bond acceptors (Lipinski definition) is 6. The van der Waals surface area contributed by atoms with Crippen LogP contribution >= 0.6 is 0 Å². The average Bonchev–Trinajstić information content (AvgIpc) is 3.08. The zero-order valence-corrected chi connectivity index (χ0v) is 20.9. The molecule has 0 unspecified atom stereocenters. The van der Waals surface area contributed by atoms with Crippen molar-refractivity contribution in [2.75, 3.05) is 19.7 Å². The van der Waals surface area contributed by atoms with Gasteiger partial charge in [-0.1, -0.05) is 18.2 Å². The molecule has 0 saturated carbocycles. The highest BCUT2D eigenvalue weighted by Gasteiger charge is 2.32. The third kappa shape index (κ3) is 5.90. The summed E-state index contributed by atoms with van der Waals surface area (Å²) in [5.74, 6) is 1.71. The molecule has 4 rings (SSSR count). The molecular formula is C28H33FN2O4. The van der Waals surface area contributed by atoms with Crippen molar-refractivity contribution in [2.24, 2.45) is 0 Å². The maximum atomic E-state index is 12.8. The number of nitrogens with zero attached hydrogens (tertiary/aromatic N) is 2. The molecule has 1 aromatic heterocycles. The van der Waals surface area contributed by atoms with Gasteiger partial charge >= 0.3 is 5.97 Å². The van der Waals surface area contributed by atoms with Crippen LogP contribution in [0.5, 0.6) is 5.75 Å². The molecule has 3 aromatic rings. The lowest BCUT2D eigenvalue weighted by Crippen LogP contribution is -2.39. The standard InChI is InChI=1S/C28H33FN2O4/c1-5-33-27(32)28(3,4)35-24-11-10-21-12-14-31(15-13-23(21)16-24)18-25-19(2)30-26(34-25)22-8-6-20(17-29)7-9-22/h6-11,16H,5,12-15,17-18H2,1-4H3. The number of hydrogen-bond donors (Lipinski definition) is 0. The van der Waals surface area contributed by atoms with E-state index in [0.717, 1.165) is 42.9 Å². The summed E-state index contributed by atoms with van der Waals surface area (Å²) in [5.41, 5.74) is 3.82. The van der Waals surface area contributed by atoms with Crippen molar-refractivity contribution in [1.82, 2.24) is 9.88 Å². The Balaban J connectivity index is 1.41. The Kier molecular flexibility index (Phi) is 7.55. The van der Waals surface area contributed by atoms with Crippen molar-refractivity contribution < 1.29 is 23.1 Å². The van der Waals surface area contributed by atoms with Gasteiger partial charge in [0.25, 0.3) is 0 Å². The molecule has 1 aliphatic rings. The van der Waals surface area contributed by atoms with Crippen LogP contribution in [-0.4, -0.2) is 41.2 Å². The van der Waals surface area contributed by atoms with Crippen molar-refractivity contribution in [3.05, 3.63) is 70.6 Å². The quantitative estimate of drug-likeness (QED) is 0.400. The van der Waals surface area contributed by atoms with Crippen LogP contribution in [0.1, 0.15) is 48.9 Å². The number of alkyl halides is 1. The average molecular weight is 481 g/mol. The van der Waals surface area contributed by atoms with Crippen molar-refractivity contribution in [3.8, 4) is 17.2 Å². The minimum atomic E-state index is -1.05. The lowest BCUT2D eigenvalue weighted by Gasteiger charge is -2.24. The van der Waals surface area contributed by atoms with Crippen LogP contribution in [0.25, 0.3) is 11.5 Å². The van der Waals surface area contributed by atoms with Crippen molar-refractivity contribution in [3.63, 3.8) is 0 Å². The van der Waals surface area contributed by atoms with Crippen LogP contribution in [0.3, 0.4) is 0 Å². The summed E-state index contributed by atoms with van der Waals surface area (Å²) in [7, 11) is 0. The van der Waals surface area contributed by atoms with E-state index >= 15 is 0 Å². The molecule has 0 spiro atoms. The van der Waals surface area contributed by atoms with Gasteiger partial charge in [-0.25, -0.2) is 14.2 Å². The third-order valence-electron chi connectivity index (χ3n) is 6.33. The Bertz CT molecular complexity index is 1170. The number of carbonyl (C=O) groups is 1. The van der Waals surface area contributed by atoms with E-state index in [1.165, 1.54) is 11.1 Å². The summed E-state index contributed by atoms with van der Waals surface area (Å²) in [6.07, 6.45) is 1.79. The predicted octanol–water partition coefficient (Wildman–Crippen LogP) is 5.44. The number of halogens is 1. The molecular weight excluding hydrogens is 447 g/mol. The zero-order valence-electron chi connectivity index (χ0n) is 20.9. The molecule has 0 bridgehead atoms. The van der Waals surface area contributed by atoms with Gasteiger partial charge in [-0.3, -0.25) is 4.90 Å². The van der Waals surface area contributed by atoms with Gasteiger partial charge in [0.15, 0.2) is 5.60 Å². The Labute approximate surface area is 206 Å². The number of aryl methyl sites for hydroxylation is 1. The fourth-order valence-electron chi connectivity index (χ4n) is 4.25. The van der Waals surface area contributed by atoms with Crippen LogP contribution in [0.4, 0.5) is 4.39 Å². The minimum Gasteiger partial charge on any atom is -0.476 e. The van der Waals surface area contributed by atoms with Crippen molar-refractivity contribution >= 4 is 5.97 Å². The maximum absolute atomic E-state index is 12.8. The number of oxazole rings is 1.